The summed E-state index contributed by atoms with van der Waals surface area (Å²) in [5.41, 5.74) is 0.659. The van der Waals surface area contributed by atoms with E-state index in [0.29, 0.717) is 17.7 Å². The Labute approximate surface area is 217 Å². The summed E-state index contributed by atoms with van der Waals surface area (Å²) in [6.45, 7) is 2.20. The molecule has 0 aliphatic carbocycles. The van der Waals surface area contributed by atoms with Crippen LogP contribution in [0.15, 0.2) is 47.4 Å². The van der Waals surface area contributed by atoms with Crippen LogP contribution in [-0.2, 0) is 16.5 Å². The fraction of sp³-hybridized carbons (Fsp3) is 0.455. The Hall–Kier alpha value is -0.414. The minimum absolute atomic E-state index is 0. The van der Waals surface area contributed by atoms with Crippen LogP contribution in [0.4, 0.5) is 0 Å². The number of hydrogen-bond acceptors (Lipinski definition) is 4. The molecule has 0 saturated carbocycles. The molecule has 0 radical (unpaired) electrons. The standard InChI is InChI=1S/C22H30O5S.K/c1-2-3-4-5-6-7-8-10-13-18-16-17-20(28(24,25)26)21(23)22(18)27-19-14-11-9-12-15-19;/h9,11-12,14-17,23H,2-8,10,13H2,1H3,(H,24,25,26);/q;+1/p-1. The predicted molar refractivity (Wildman–Crippen MR) is 109 cm³/mol. The van der Waals surface area contributed by atoms with Crippen LogP contribution in [-0.4, -0.2) is 13.0 Å². The summed E-state index contributed by atoms with van der Waals surface area (Å²) in [6.07, 6.45) is 9.97. The van der Waals surface area contributed by atoms with E-state index in [2.05, 4.69) is 6.92 Å². The zero-order valence-corrected chi connectivity index (χ0v) is 21.3. The van der Waals surface area contributed by atoms with Crippen LogP contribution in [0, 0.1) is 0 Å². The van der Waals surface area contributed by atoms with Crippen molar-refractivity contribution >= 4 is 10.1 Å². The molecule has 1 N–H and O–H groups in total. The van der Waals surface area contributed by atoms with Gasteiger partial charge >= 0.3 is 51.4 Å². The average Bonchev–Trinajstić information content (AvgIpc) is 2.66. The average molecular weight is 445 g/mol. The second-order valence-electron chi connectivity index (χ2n) is 7.00. The first-order chi connectivity index (χ1) is 13.4. The summed E-state index contributed by atoms with van der Waals surface area (Å²) < 4.78 is 38.0. The van der Waals surface area contributed by atoms with E-state index in [1.54, 1.807) is 30.3 Å². The summed E-state index contributed by atoms with van der Waals surface area (Å²) in [5.74, 6) is -0.378. The second-order valence-corrected chi connectivity index (χ2v) is 8.39. The number of para-hydroxylation sites is 1. The largest absolute Gasteiger partial charge is 1.00 e. The third kappa shape index (κ3) is 9.08. The van der Waals surface area contributed by atoms with Crippen LogP contribution in [0.25, 0.3) is 0 Å². The SMILES string of the molecule is CCCCCCCCCCc1ccc(S(=O)(=O)O)c([O-])c1Oc1ccccc1.[K+]. The molecule has 0 unspecified atom stereocenters. The zero-order valence-electron chi connectivity index (χ0n) is 17.4. The molecule has 0 bridgehead atoms. The van der Waals surface area contributed by atoms with E-state index in [1.807, 2.05) is 6.07 Å². The molecule has 0 aromatic heterocycles. The Balaban J connectivity index is 0.00000420. The van der Waals surface area contributed by atoms with Crippen molar-refractivity contribution in [3.8, 4) is 17.2 Å². The molecule has 0 aliphatic heterocycles. The van der Waals surface area contributed by atoms with Crippen molar-refractivity contribution < 1.29 is 74.2 Å². The first-order valence-electron chi connectivity index (χ1n) is 9.96. The Kier molecular flexibility index (Phi) is 12.7. The van der Waals surface area contributed by atoms with Crippen molar-refractivity contribution in [1.29, 1.82) is 0 Å². The summed E-state index contributed by atoms with van der Waals surface area (Å²) in [7, 11) is -4.60. The summed E-state index contributed by atoms with van der Waals surface area (Å²) in [5, 5.41) is 12.6. The van der Waals surface area contributed by atoms with Gasteiger partial charge in [0.05, 0.1) is 4.90 Å². The van der Waals surface area contributed by atoms with Gasteiger partial charge in [0.1, 0.15) is 11.5 Å². The van der Waals surface area contributed by atoms with Gasteiger partial charge in [-0.15, -0.1) is 0 Å². The van der Waals surface area contributed by atoms with Crippen LogP contribution in [0.1, 0.15) is 63.9 Å². The molecule has 7 heteroatoms. The van der Waals surface area contributed by atoms with E-state index >= 15 is 0 Å². The van der Waals surface area contributed by atoms with Gasteiger partial charge in [0, 0.05) is 0 Å². The number of benzene rings is 2. The quantitative estimate of drug-likeness (QED) is 0.309. The molecule has 0 amide bonds. The molecular formula is C22H29KO5S. The fourth-order valence-corrected chi connectivity index (χ4v) is 3.72. The molecular weight excluding hydrogens is 415 g/mol. The van der Waals surface area contributed by atoms with Crippen LogP contribution in [0.2, 0.25) is 0 Å². The van der Waals surface area contributed by atoms with E-state index in [-0.39, 0.29) is 57.1 Å². The minimum atomic E-state index is -4.60. The van der Waals surface area contributed by atoms with Crippen molar-refractivity contribution in [2.75, 3.05) is 0 Å². The molecule has 2 rings (SSSR count). The number of aryl methyl sites for hydroxylation is 1. The topological polar surface area (TPSA) is 86.7 Å². The van der Waals surface area contributed by atoms with Crippen LogP contribution >= 0.6 is 0 Å². The number of unbranched alkanes of at least 4 members (excludes halogenated alkanes) is 7. The van der Waals surface area contributed by atoms with Crippen molar-refractivity contribution in [2.45, 2.75) is 69.6 Å². The van der Waals surface area contributed by atoms with E-state index in [4.69, 9.17) is 4.74 Å². The van der Waals surface area contributed by atoms with Crippen molar-refractivity contribution in [1.82, 2.24) is 0 Å². The molecule has 0 heterocycles. The molecule has 0 aliphatic rings. The van der Waals surface area contributed by atoms with E-state index in [9.17, 15) is 18.1 Å². The number of hydrogen-bond donors (Lipinski definition) is 1. The van der Waals surface area contributed by atoms with Crippen LogP contribution < -0.4 is 61.2 Å². The molecule has 29 heavy (non-hydrogen) atoms. The third-order valence-electron chi connectivity index (χ3n) is 4.70. The van der Waals surface area contributed by atoms with Gasteiger partial charge in [-0.25, -0.2) is 0 Å². The molecule has 0 spiro atoms. The fourth-order valence-electron chi connectivity index (χ4n) is 3.15. The Morgan fingerprint density at radius 2 is 1.48 bits per heavy atom. The molecule has 0 fully saturated rings. The minimum Gasteiger partial charge on any atom is -0.869 e. The van der Waals surface area contributed by atoms with Crippen molar-refractivity contribution in [3.05, 3.63) is 48.0 Å². The maximum atomic E-state index is 12.6. The third-order valence-corrected chi connectivity index (χ3v) is 5.58. The van der Waals surface area contributed by atoms with Gasteiger partial charge in [-0.2, -0.15) is 8.42 Å². The van der Waals surface area contributed by atoms with Crippen LogP contribution in [0.3, 0.4) is 0 Å². The Morgan fingerprint density at radius 3 is 2.07 bits per heavy atom. The molecule has 0 saturated heterocycles. The van der Waals surface area contributed by atoms with Crippen molar-refractivity contribution in [2.24, 2.45) is 0 Å². The predicted octanol–water partition coefficient (Wildman–Crippen LogP) is 2.49. The van der Waals surface area contributed by atoms with Gasteiger partial charge < -0.3 is 9.84 Å². The summed E-state index contributed by atoms with van der Waals surface area (Å²) in [4.78, 5) is -0.655. The zero-order chi connectivity index (χ0) is 20.4. The van der Waals surface area contributed by atoms with Gasteiger partial charge in [-0.3, -0.25) is 4.55 Å². The van der Waals surface area contributed by atoms with Crippen molar-refractivity contribution in [3.63, 3.8) is 0 Å². The Bertz CT molecular complexity index is 838. The van der Waals surface area contributed by atoms with Crippen LogP contribution in [0.5, 0.6) is 17.2 Å². The maximum absolute atomic E-state index is 12.6. The summed E-state index contributed by atoms with van der Waals surface area (Å²) in [6, 6.07) is 11.5. The molecule has 0 atom stereocenters. The van der Waals surface area contributed by atoms with E-state index < -0.39 is 20.8 Å². The number of rotatable bonds is 12. The van der Waals surface area contributed by atoms with Gasteiger partial charge in [0.15, 0.2) is 0 Å². The van der Waals surface area contributed by atoms with Gasteiger partial charge in [0.25, 0.3) is 10.1 Å². The smallest absolute Gasteiger partial charge is 0.869 e. The first kappa shape index (κ1) is 26.6. The molecule has 154 valence electrons. The Morgan fingerprint density at radius 1 is 0.897 bits per heavy atom. The summed E-state index contributed by atoms with van der Waals surface area (Å²) >= 11 is 0. The maximum Gasteiger partial charge on any atom is 1.00 e. The van der Waals surface area contributed by atoms with E-state index in [1.165, 1.54) is 32.1 Å². The van der Waals surface area contributed by atoms with E-state index in [0.717, 1.165) is 25.3 Å². The van der Waals surface area contributed by atoms with Gasteiger partial charge in [-0.05, 0) is 42.4 Å². The normalized spacial score (nSPS) is 11.1. The number of ether oxygens (including phenoxy) is 1. The molecule has 2 aromatic rings. The first-order valence-corrected chi connectivity index (χ1v) is 11.4. The molecule has 5 nitrogen and oxygen atoms in total. The van der Waals surface area contributed by atoms with Gasteiger partial charge in [0.2, 0.25) is 0 Å². The second kappa shape index (κ2) is 13.8. The molecule has 2 aromatic carbocycles. The van der Waals surface area contributed by atoms with Gasteiger partial charge in [-0.1, -0.05) is 76.1 Å². The monoisotopic (exact) mass is 444 g/mol.